The minimum absolute atomic E-state index is 0.0176. The van der Waals surface area contributed by atoms with Crippen molar-refractivity contribution >= 4 is 5.91 Å². The predicted molar refractivity (Wildman–Crippen MR) is 153 cm³/mol. The first-order valence-electron chi connectivity index (χ1n) is 14.2. The number of carbonyl (C=O) groups is 1. The number of likely N-dealkylation sites (N-methyl/N-ethyl adjacent to an activating group) is 1. The van der Waals surface area contributed by atoms with E-state index in [1.165, 1.54) is 6.42 Å². The van der Waals surface area contributed by atoms with Crippen LogP contribution in [-0.4, -0.2) is 44.7 Å². The second-order valence-electron chi connectivity index (χ2n) is 10.9. The lowest BCUT2D eigenvalue weighted by molar-refractivity contribution is -0.156. The standard InChI is InChI=1S/C32H39N3O5/c1-22-30(32(38)35(34(22)3)27-12-8-5-9-13-27)25-18-28(31(37)33(2)26-10-6-4-7-11-26)40-29(19-25)39-21-24-16-14-23(20-36)15-17-24/h5,8-9,12-18,25-26,29,36H,4,6-7,10-11,19-21H2,1-3H3. The topological polar surface area (TPSA) is 85.9 Å². The smallest absolute Gasteiger partial charge is 0.288 e. The molecule has 3 aromatic rings. The van der Waals surface area contributed by atoms with E-state index in [2.05, 4.69) is 0 Å². The molecule has 8 nitrogen and oxygen atoms in total. The predicted octanol–water partition coefficient (Wildman–Crippen LogP) is 4.70. The zero-order valence-corrected chi connectivity index (χ0v) is 23.6. The molecule has 1 saturated carbocycles. The number of aromatic nitrogens is 2. The normalized spacial score (nSPS) is 19.6. The molecule has 1 amide bonds. The van der Waals surface area contributed by atoms with Gasteiger partial charge in [-0.05, 0) is 49.1 Å². The first-order chi connectivity index (χ1) is 19.4. The van der Waals surface area contributed by atoms with Gasteiger partial charge in [0.1, 0.15) is 0 Å². The van der Waals surface area contributed by atoms with Crippen LogP contribution in [0.15, 0.2) is 71.2 Å². The number of amides is 1. The van der Waals surface area contributed by atoms with Gasteiger partial charge in [-0.2, -0.15) is 0 Å². The largest absolute Gasteiger partial charge is 0.459 e. The Morgan fingerprint density at radius 2 is 1.73 bits per heavy atom. The van der Waals surface area contributed by atoms with E-state index >= 15 is 0 Å². The van der Waals surface area contributed by atoms with Gasteiger partial charge in [0, 0.05) is 43.7 Å². The van der Waals surface area contributed by atoms with Crippen molar-refractivity contribution in [2.24, 2.45) is 7.05 Å². The maximum atomic E-state index is 13.8. The van der Waals surface area contributed by atoms with Crippen LogP contribution in [0.25, 0.3) is 5.69 Å². The van der Waals surface area contributed by atoms with E-state index in [-0.39, 0.29) is 42.4 Å². The summed E-state index contributed by atoms with van der Waals surface area (Å²) in [6.07, 6.45) is 6.95. The van der Waals surface area contributed by atoms with Crippen LogP contribution in [0.3, 0.4) is 0 Å². The number of aliphatic hydroxyl groups is 1. The van der Waals surface area contributed by atoms with Gasteiger partial charge in [-0.1, -0.05) is 61.7 Å². The van der Waals surface area contributed by atoms with Crippen molar-refractivity contribution in [1.29, 1.82) is 0 Å². The average Bonchev–Trinajstić information content (AvgIpc) is 3.23. The highest BCUT2D eigenvalue weighted by Gasteiger charge is 2.35. The van der Waals surface area contributed by atoms with E-state index in [1.54, 1.807) is 9.58 Å². The van der Waals surface area contributed by atoms with Crippen molar-refractivity contribution in [3.8, 4) is 5.69 Å². The van der Waals surface area contributed by atoms with Crippen molar-refractivity contribution in [1.82, 2.24) is 14.3 Å². The molecule has 1 N–H and O–H groups in total. The molecule has 0 bridgehead atoms. The summed E-state index contributed by atoms with van der Waals surface area (Å²) in [5.41, 5.74) is 3.91. The Hall–Kier alpha value is -3.62. The van der Waals surface area contributed by atoms with Gasteiger partial charge in [-0.25, -0.2) is 4.68 Å². The van der Waals surface area contributed by atoms with Crippen molar-refractivity contribution in [2.45, 2.75) is 76.9 Å². The van der Waals surface area contributed by atoms with Crippen LogP contribution in [0.5, 0.6) is 0 Å². The van der Waals surface area contributed by atoms with Crippen molar-refractivity contribution < 1.29 is 19.4 Å². The molecule has 8 heteroatoms. The van der Waals surface area contributed by atoms with E-state index in [9.17, 15) is 14.7 Å². The lowest BCUT2D eigenvalue weighted by atomic mass is 9.92. The van der Waals surface area contributed by atoms with Crippen LogP contribution in [-0.2, 0) is 34.5 Å². The monoisotopic (exact) mass is 545 g/mol. The molecule has 1 aromatic heterocycles. The lowest BCUT2D eigenvalue weighted by Crippen LogP contribution is -2.41. The van der Waals surface area contributed by atoms with Crippen LogP contribution < -0.4 is 5.56 Å². The Balaban J connectivity index is 1.46. The fourth-order valence-corrected chi connectivity index (χ4v) is 5.87. The summed E-state index contributed by atoms with van der Waals surface area (Å²) >= 11 is 0. The molecule has 40 heavy (non-hydrogen) atoms. The van der Waals surface area contributed by atoms with Crippen LogP contribution in [0.1, 0.15) is 66.8 Å². The summed E-state index contributed by atoms with van der Waals surface area (Å²) in [6, 6.07) is 17.3. The van der Waals surface area contributed by atoms with E-state index in [1.807, 2.05) is 86.4 Å². The van der Waals surface area contributed by atoms with Crippen LogP contribution >= 0.6 is 0 Å². The zero-order chi connectivity index (χ0) is 28.2. The Morgan fingerprint density at radius 1 is 1.05 bits per heavy atom. The fourth-order valence-electron chi connectivity index (χ4n) is 5.87. The summed E-state index contributed by atoms with van der Waals surface area (Å²) in [6.45, 7) is 2.20. The summed E-state index contributed by atoms with van der Waals surface area (Å²) < 4.78 is 15.9. The number of hydrogen-bond donors (Lipinski definition) is 1. The molecule has 0 spiro atoms. The number of hydrogen-bond acceptors (Lipinski definition) is 5. The van der Waals surface area contributed by atoms with Gasteiger partial charge in [0.15, 0.2) is 5.76 Å². The van der Waals surface area contributed by atoms with Gasteiger partial charge in [-0.3, -0.25) is 14.3 Å². The minimum atomic E-state index is -0.699. The van der Waals surface area contributed by atoms with Gasteiger partial charge < -0.3 is 19.5 Å². The SMILES string of the molecule is Cc1c(C2C=C(C(=O)N(C)C3CCCCC3)OC(OCc3ccc(CO)cc3)C2)c(=O)n(-c2ccccc2)n1C. The molecule has 2 heterocycles. The maximum absolute atomic E-state index is 13.8. The number of para-hydroxylation sites is 1. The summed E-state index contributed by atoms with van der Waals surface area (Å²) in [5, 5.41) is 9.34. The third-order valence-corrected chi connectivity index (χ3v) is 8.32. The lowest BCUT2D eigenvalue weighted by Gasteiger charge is -2.34. The van der Waals surface area contributed by atoms with Crippen LogP contribution in [0, 0.1) is 6.92 Å². The molecule has 212 valence electrons. The molecule has 2 atom stereocenters. The summed E-state index contributed by atoms with van der Waals surface area (Å²) in [4.78, 5) is 29.3. The summed E-state index contributed by atoms with van der Waals surface area (Å²) in [5.74, 6) is -0.286. The van der Waals surface area contributed by atoms with Crippen molar-refractivity contribution in [3.63, 3.8) is 0 Å². The highest BCUT2D eigenvalue weighted by Crippen LogP contribution is 2.34. The maximum Gasteiger partial charge on any atom is 0.288 e. The molecule has 2 unspecified atom stereocenters. The van der Waals surface area contributed by atoms with E-state index in [4.69, 9.17) is 9.47 Å². The van der Waals surface area contributed by atoms with Crippen LogP contribution in [0.4, 0.5) is 0 Å². The van der Waals surface area contributed by atoms with Gasteiger partial charge in [0.2, 0.25) is 6.29 Å². The molecule has 0 saturated heterocycles. The second-order valence-corrected chi connectivity index (χ2v) is 10.9. The number of ether oxygens (including phenoxy) is 2. The number of aliphatic hydroxyl groups excluding tert-OH is 1. The number of rotatable bonds is 8. The van der Waals surface area contributed by atoms with E-state index in [0.717, 1.165) is 48.2 Å². The molecule has 1 aliphatic carbocycles. The Labute approximate surface area is 235 Å². The Morgan fingerprint density at radius 3 is 2.40 bits per heavy atom. The Bertz CT molecular complexity index is 1400. The van der Waals surface area contributed by atoms with E-state index < -0.39 is 6.29 Å². The minimum Gasteiger partial charge on any atom is -0.459 e. The molecule has 2 aliphatic rings. The second kappa shape index (κ2) is 12.3. The highest BCUT2D eigenvalue weighted by atomic mass is 16.7. The quantitative estimate of drug-likeness (QED) is 0.444. The molecule has 2 aromatic carbocycles. The molecular formula is C32H39N3O5. The van der Waals surface area contributed by atoms with Crippen molar-refractivity contribution in [3.05, 3.63) is 99.2 Å². The number of carbonyl (C=O) groups excluding carboxylic acids is 1. The third-order valence-electron chi connectivity index (χ3n) is 8.32. The van der Waals surface area contributed by atoms with Gasteiger partial charge >= 0.3 is 0 Å². The van der Waals surface area contributed by atoms with Gasteiger partial charge in [-0.15, -0.1) is 0 Å². The summed E-state index contributed by atoms with van der Waals surface area (Å²) in [7, 11) is 3.73. The molecule has 5 rings (SSSR count). The fraction of sp³-hybridized carbons (Fsp3) is 0.438. The van der Waals surface area contributed by atoms with E-state index in [0.29, 0.717) is 12.0 Å². The zero-order valence-electron chi connectivity index (χ0n) is 23.6. The molecule has 1 fully saturated rings. The molecular weight excluding hydrogens is 506 g/mol. The van der Waals surface area contributed by atoms with Gasteiger partial charge in [0.05, 0.1) is 18.9 Å². The number of benzene rings is 2. The first kappa shape index (κ1) is 27.9. The highest BCUT2D eigenvalue weighted by molar-refractivity contribution is 5.91. The third kappa shape index (κ3) is 5.78. The first-order valence-corrected chi connectivity index (χ1v) is 14.2. The number of nitrogens with zero attached hydrogens (tertiary/aromatic N) is 3. The van der Waals surface area contributed by atoms with Crippen LogP contribution in [0.2, 0.25) is 0 Å². The van der Waals surface area contributed by atoms with Gasteiger partial charge in [0.25, 0.3) is 11.5 Å². The molecule has 0 radical (unpaired) electrons. The average molecular weight is 546 g/mol. The van der Waals surface area contributed by atoms with Crippen molar-refractivity contribution in [2.75, 3.05) is 7.05 Å². The Kier molecular flexibility index (Phi) is 8.57. The molecule has 1 aliphatic heterocycles. The number of allylic oxidation sites excluding steroid dienone is 1.